The van der Waals surface area contributed by atoms with Crippen molar-refractivity contribution in [2.45, 2.75) is 58.2 Å². The van der Waals surface area contributed by atoms with Crippen LogP contribution in [0.4, 0.5) is 18.0 Å². The van der Waals surface area contributed by atoms with E-state index in [0.29, 0.717) is 5.56 Å². The summed E-state index contributed by atoms with van der Waals surface area (Å²) in [6.07, 6.45) is -8.38. The predicted octanol–water partition coefficient (Wildman–Crippen LogP) is 3.74. The van der Waals surface area contributed by atoms with Crippen molar-refractivity contribution in [1.82, 2.24) is 4.90 Å². The summed E-state index contributed by atoms with van der Waals surface area (Å²) in [6, 6.07) is 7.08. The summed E-state index contributed by atoms with van der Waals surface area (Å²) in [5, 5.41) is 9.48. The number of carbonyl (C=O) groups is 1. The summed E-state index contributed by atoms with van der Waals surface area (Å²) < 4.78 is 43.5. The molecule has 1 aromatic carbocycles. The smallest absolute Gasteiger partial charge is 0.416 e. The Kier molecular flexibility index (Phi) is 6.04. The van der Waals surface area contributed by atoms with E-state index in [1.165, 1.54) is 0 Å². The van der Waals surface area contributed by atoms with E-state index >= 15 is 0 Å². The second kappa shape index (κ2) is 7.21. The van der Waals surface area contributed by atoms with Crippen molar-refractivity contribution in [3.8, 4) is 0 Å². The molecule has 0 bridgehead atoms. The zero-order chi connectivity index (χ0) is 17.8. The van der Waals surface area contributed by atoms with Crippen molar-refractivity contribution < 1.29 is 27.8 Å². The van der Waals surface area contributed by atoms with E-state index in [4.69, 9.17) is 4.74 Å². The number of benzene rings is 1. The van der Waals surface area contributed by atoms with Crippen LogP contribution in [-0.2, 0) is 11.3 Å². The van der Waals surface area contributed by atoms with Crippen molar-refractivity contribution >= 4 is 6.09 Å². The van der Waals surface area contributed by atoms with Gasteiger partial charge >= 0.3 is 12.3 Å². The summed E-state index contributed by atoms with van der Waals surface area (Å²) in [5.74, 6) is 0. The van der Waals surface area contributed by atoms with Gasteiger partial charge in [-0.05, 0) is 33.3 Å². The van der Waals surface area contributed by atoms with E-state index in [1.807, 2.05) is 0 Å². The molecule has 130 valence electrons. The molecule has 0 radical (unpaired) electrons. The monoisotopic (exact) mass is 333 g/mol. The number of rotatable bonds is 4. The second-order valence-electron chi connectivity index (χ2n) is 6.32. The van der Waals surface area contributed by atoms with Crippen LogP contribution < -0.4 is 0 Å². The molecule has 1 N–H and O–H groups in total. The van der Waals surface area contributed by atoms with Crippen molar-refractivity contribution in [1.29, 1.82) is 0 Å². The number of alkyl halides is 3. The van der Waals surface area contributed by atoms with Crippen molar-refractivity contribution in [3.05, 3.63) is 35.9 Å². The van der Waals surface area contributed by atoms with Gasteiger partial charge in [-0.2, -0.15) is 13.2 Å². The summed E-state index contributed by atoms with van der Waals surface area (Å²) >= 11 is 0. The highest BCUT2D eigenvalue weighted by atomic mass is 19.4. The van der Waals surface area contributed by atoms with Gasteiger partial charge in [0.1, 0.15) is 5.60 Å². The maximum Gasteiger partial charge on any atom is 0.416 e. The first kappa shape index (κ1) is 19.3. The average molecular weight is 333 g/mol. The molecule has 0 heterocycles. The van der Waals surface area contributed by atoms with Gasteiger partial charge in [-0.15, -0.1) is 0 Å². The van der Waals surface area contributed by atoms with Gasteiger partial charge in [0.25, 0.3) is 0 Å². The largest absolute Gasteiger partial charge is 0.444 e. The molecule has 7 heteroatoms. The van der Waals surface area contributed by atoms with Crippen LogP contribution in [-0.4, -0.2) is 40.0 Å². The number of amides is 1. The van der Waals surface area contributed by atoms with Gasteiger partial charge in [0.15, 0.2) is 6.10 Å². The molecule has 1 amide bonds. The third-order valence-corrected chi connectivity index (χ3v) is 3.11. The van der Waals surface area contributed by atoms with Crippen molar-refractivity contribution in [2.24, 2.45) is 0 Å². The van der Waals surface area contributed by atoms with Crippen LogP contribution in [0.25, 0.3) is 0 Å². The number of aliphatic hydroxyl groups excluding tert-OH is 1. The molecule has 0 aliphatic heterocycles. The third-order valence-electron chi connectivity index (χ3n) is 3.11. The van der Waals surface area contributed by atoms with Gasteiger partial charge < -0.3 is 9.84 Å². The predicted molar refractivity (Wildman–Crippen MR) is 79.7 cm³/mol. The minimum absolute atomic E-state index is 0.0932. The number of aliphatic hydroxyl groups is 1. The van der Waals surface area contributed by atoms with Crippen LogP contribution in [0.5, 0.6) is 0 Å². The first-order valence-electron chi connectivity index (χ1n) is 7.20. The molecule has 4 nitrogen and oxygen atoms in total. The maximum absolute atomic E-state index is 12.8. The number of ether oxygens (including phenoxy) is 1. The molecule has 0 aromatic heterocycles. The Hall–Kier alpha value is -1.76. The van der Waals surface area contributed by atoms with Crippen LogP contribution in [0.1, 0.15) is 33.3 Å². The molecular formula is C16H22F3NO3. The lowest BCUT2D eigenvalue weighted by Crippen LogP contribution is -2.51. The molecule has 0 saturated heterocycles. The number of halogens is 3. The van der Waals surface area contributed by atoms with Crippen LogP contribution >= 0.6 is 0 Å². The van der Waals surface area contributed by atoms with Crippen LogP contribution in [0.3, 0.4) is 0 Å². The lowest BCUT2D eigenvalue weighted by atomic mass is 10.1. The fourth-order valence-corrected chi connectivity index (χ4v) is 1.92. The van der Waals surface area contributed by atoms with Crippen LogP contribution in [0.15, 0.2) is 30.3 Å². The lowest BCUT2D eigenvalue weighted by molar-refractivity contribution is -0.218. The minimum atomic E-state index is -4.82. The standard InChI is InChI=1S/C16H22F3NO3/c1-11(13(21)16(17,18)19)20(14(22)23-15(2,3)4)10-12-8-6-5-7-9-12/h5-9,11,13,21H,10H2,1-4H3. The first-order valence-corrected chi connectivity index (χ1v) is 7.20. The maximum atomic E-state index is 12.8. The van der Waals surface area contributed by atoms with E-state index in [-0.39, 0.29) is 6.54 Å². The average Bonchev–Trinajstić information content (AvgIpc) is 2.41. The van der Waals surface area contributed by atoms with E-state index in [9.17, 15) is 23.1 Å². The fraction of sp³-hybridized carbons (Fsp3) is 0.562. The summed E-state index contributed by atoms with van der Waals surface area (Å²) in [6.45, 7) is 5.92. The van der Waals surface area contributed by atoms with Gasteiger partial charge in [0.05, 0.1) is 6.04 Å². The molecule has 1 rings (SSSR count). The highest BCUT2D eigenvalue weighted by Crippen LogP contribution is 2.26. The highest BCUT2D eigenvalue weighted by molar-refractivity contribution is 5.68. The molecule has 0 aliphatic rings. The SMILES string of the molecule is CC(C(O)C(F)(F)F)N(Cc1ccccc1)C(=O)OC(C)(C)C. The molecule has 23 heavy (non-hydrogen) atoms. The lowest BCUT2D eigenvalue weighted by Gasteiger charge is -2.34. The normalized spacial score (nSPS) is 15.0. The van der Waals surface area contributed by atoms with E-state index in [0.717, 1.165) is 11.8 Å². The van der Waals surface area contributed by atoms with Gasteiger partial charge in [0.2, 0.25) is 0 Å². The molecule has 2 atom stereocenters. The Labute approximate surface area is 133 Å². The van der Waals surface area contributed by atoms with Gasteiger partial charge in [-0.1, -0.05) is 30.3 Å². The van der Waals surface area contributed by atoms with Gasteiger partial charge in [-0.3, -0.25) is 4.90 Å². The number of nitrogens with zero attached hydrogens (tertiary/aromatic N) is 1. The molecule has 0 saturated carbocycles. The number of hydrogen-bond donors (Lipinski definition) is 1. The summed E-state index contributed by atoms with van der Waals surface area (Å²) in [7, 11) is 0. The molecule has 0 fully saturated rings. The minimum Gasteiger partial charge on any atom is -0.444 e. The van der Waals surface area contributed by atoms with E-state index in [1.54, 1.807) is 51.1 Å². The van der Waals surface area contributed by atoms with Gasteiger partial charge in [0, 0.05) is 6.54 Å². The molecule has 2 unspecified atom stereocenters. The quantitative estimate of drug-likeness (QED) is 0.913. The van der Waals surface area contributed by atoms with Crippen molar-refractivity contribution in [3.63, 3.8) is 0 Å². The van der Waals surface area contributed by atoms with Crippen molar-refractivity contribution in [2.75, 3.05) is 0 Å². The van der Waals surface area contributed by atoms with E-state index < -0.39 is 30.0 Å². The Morgan fingerprint density at radius 2 is 1.74 bits per heavy atom. The molecule has 0 aliphatic carbocycles. The van der Waals surface area contributed by atoms with E-state index in [2.05, 4.69) is 0 Å². The van der Waals surface area contributed by atoms with Gasteiger partial charge in [-0.25, -0.2) is 4.79 Å². The molecular weight excluding hydrogens is 311 g/mol. The summed E-state index contributed by atoms with van der Waals surface area (Å²) in [4.78, 5) is 13.1. The Bertz CT molecular complexity index is 512. The Balaban J connectivity index is 3.03. The topological polar surface area (TPSA) is 49.8 Å². The first-order chi connectivity index (χ1) is 10.4. The number of hydrogen-bond acceptors (Lipinski definition) is 3. The zero-order valence-corrected chi connectivity index (χ0v) is 13.6. The zero-order valence-electron chi connectivity index (χ0n) is 13.6. The number of carbonyl (C=O) groups excluding carboxylic acids is 1. The Morgan fingerprint density at radius 1 is 1.22 bits per heavy atom. The Morgan fingerprint density at radius 3 is 2.17 bits per heavy atom. The van der Waals surface area contributed by atoms with Crippen LogP contribution in [0.2, 0.25) is 0 Å². The summed E-state index contributed by atoms with van der Waals surface area (Å²) in [5.41, 5.74) is -0.214. The third kappa shape index (κ3) is 6.09. The highest BCUT2D eigenvalue weighted by Gasteiger charge is 2.45. The van der Waals surface area contributed by atoms with Crippen LogP contribution in [0, 0.1) is 0 Å². The fourth-order valence-electron chi connectivity index (χ4n) is 1.92. The molecule has 1 aromatic rings. The molecule has 0 spiro atoms. The second-order valence-corrected chi connectivity index (χ2v) is 6.32.